The van der Waals surface area contributed by atoms with E-state index in [1.807, 2.05) is 6.92 Å². The number of rotatable bonds is 4. The van der Waals surface area contributed by atoms with E-state index in [2.05, 4.69) is 4.72 Å². The molecule has 1 aliphatic rings. The van der Waals surface area contributed by atoms with Gasteiger partial charge in [0.1, 0.15) is 4.90 Å². The predicted octanol–water partition coefficient (Wildman–Crippen LogP) is 2.25. The predicted molar refractivity (Wildman–Crippen MR) is 70.9 cm³/mol. The quantitative estimate of drug-likeness (QED) is 0.891. The van der Waals surface area contributed by atoms with E-state index in [0.717, 1.165) is 12.1 Å². The van der Waals surface area contributed by atoms with Gasteiger partial charge in [-0.1, -0.05) is 18.5 Å². The summed E-state index contributed by atoms with van der Waals surface area (Å²) in [5.41, 5.74) is -0.764. The second-order valence-corrected chi connectivity index (χ2v) is 7.08. The molecule has 0 radical (unpaired) electrons. The van der Waals surface area contributed by atoms with Crippen LogP contribution < -0.4 is 4.72 Å². The Morgan fingerprint density at radius 1 is 1.45 bits per heavy atom. The Morgan fingerprint density at radius 3 is 2.55 bits per heavy atom. The maximum atomic E-state index is 14.0. The van der Waals surface area contributed by atoms with E-state index < -0.39 is 32.3 Å². The van der Waals surface area contributed by atoms with Gasteiger partial charge in [0.2, 0.25) is 10.0 Å². The van der Waals surface area contributed by atoms with Crippen molar-refractivity contribution in [1.29, 1.82) is 0 Å². The highest BCUT2D eigenvalue weighted by Gasteiger charge is 2.32. The third kappa shape index (κ3) is 2.94. The van der Waals surface area contributed by atoms with Gasteiger partial charge in [-0.2, -0.15) is 0 Å². The molecule has 0 bridgehead atoms. The number of sulfonamides is 1. The minimum Gasteiger partial charge on any atom is -0.478 e. The second-order valence-electron chi connectivity index (χ2n) is 4.97. The van der Waals surface area contributed by atoms with Crippen molar-refractivity contribution in [3.8, 4) is 0 Å². The van der Waals surface area contributed by atoms with Crippen molar-refractivity contribution in [3.63, 3.8) is 0 Å². The monoisotopic (exact) mass is 321 g/mol. The smallest absolute Gasteiger partial charge is 0.338 e. The Balaban J connectivity index is 2.38. The fourth-order valence-electron chi connectivity index (χ4n) is 2.20. The van der Waals surface area contributed by atoms with Gasteiger partial charge in [0.05, 0.1) is 5.56 Å². The van der Waals surface area contributed by atoms with E-state index >= 15 is 0 Å². The highest BCUT2D eigenvalue weighted by molar-refractivity contribution is 7.89. The summed E-state index contributed by atoms with van der Waals surface area (Å²) in [5.74, 6) is -2.46. The number of carboxylic acids is 1. The molecular weight excluding hydrogens is 309 g/mol. The van der Waals surface area contributed by atoms with Crippen LogP contribution in [0.25, 0.3) is 0 Å². The molecule has 8 heteroatoms. The number of hydrogen-bond acceptors (Lipinski definition) is 3. The van der Waals surface area contributed by atoms with Crippen LogP contribution in [0.5, 0.6) is 0 Å². The summed E-state index contributed by atoms with van der Waals surface area (Å²) in [6, 6.07) is 1.54. The van der Waals surface area contributed by atoms with Crippen molar-refractivity contribution < 1.29 is 22.7 Å². The van der Waals surface area contributed by atoms with Crippen molar-refractivity contribution in [2.75, 3.05) is 0 Å². The molecule has 5 nitrogen and oxygen atoms in total. The fourth-order valence-corrected chi connectivity index (χ4v) is 3.87. The van der Waals surface area contributed by atoms with Gasteiger partial charge in [0.25, 0.3) is 0 Å². The lowest BCUT2D eigenvalue weighted by atomic mass is 9.83. The van der Waals surface area contributed by atoms with Crippen molar-refractivity contribution in [1.82, 2.24) is 4.72 Å². The van der Waals surface area contributed by atoms with Crippen LogP contribution in [0.2, 0.25) is 5.02 Å². The zero-order valence-electron chi connectivity index (χ0n) is 10.6. The molecule has 1 fully saturated rings. The van der Waals surface area contributed by atoms with Gasteiger partial charge in [-0.3, -0.25) is 0 Å². The summed E-state index contributed by atoms with van der Waals surface area (Å²) >= 11 is 5.66. The van der Waals surface area contributed by atoms with Crippen molar-refractivity contribution in [3.05, 3.63) is 28.5 Å². The number of hydrogen-bond donors (Lipinski definition) is 2. The summed E-state index contributed by atoms with van der Waals surface area (Å²) in [4.78, 5) is 10.1. The van der Waals surface area contributed by atoms with Crippen molar-refractivity contribution in [2.45, 2.75) is 30.7 Å². The first-order chi connectivity index (χ1) is 9.20. The van der Waals surface area contributed by atoms with Crippen LogP contribution in [-0.2, 0) is 10.0 Å². The second kappa shape index (κ2) is 5.31. The van der Waals surface area contributed by atoms with Crippen molar-refractivity contribution in [2.24, 2.45) is 5.92 Å². The number of carboxylic acid groups (broad SMARTS) is 1. The Morgan fingerprint density at radius 2 is 2.05 bits per heavy atom. The lowest BCUT2D eigenvalue weighted by Crippen LogP contribution is -2.43. The molecule has 0 aromatic heterocycles. The van der Waals surface area contributed by atoms with Gasteiger partial charge < -0.3 is 5.11 Å². The average Bonchev–Trinajstić information content (AvgIpc) is 2.29. The minimum absolute atomic E-state index is 0.147. The molecule has 1 aromatic carbocycles. The fraction of sp³-hybridized carbons (Fsp3) is 0.417. The molecule has 1 aliphatic carbocycles. The zero-order valence-corrected chi connectivity index (χ0v) is 12.1. The normalized spacial score (nSPS) is 22.4. The molecule has 1 aromatic rings. The summed E-state index contributed by atoms with van der Waals surface area (Å²) in [6.07, 6.45) is 1.35. The summed E-state index contributed by atoms with van der Waals surface area (Å²) in [6.45, 7) is 1.98. The van der Waals surface area contributed by atoms with E-state index in [1.165, 1.54) is 0 Å². The molecule has 0 atom stereocenters. The van der Waals surface area contributed by atoms with Gasteiger partial charge in [-0.05, 0) is 30.9 Å². The van der Waals surface area contributed by atoms with Crippen LogP contribution in [0.3, 0.4) is 0 Å². The first kappa shape index (κ1) is 15.2. The van der Waals surface area contributed by atoms with Gasteiger partial charge in [-0.25, -0.2) is 22.3 Å². The highest BCUT2D eigenvalue weighted by Crippen LogP contribution is 2.29. The number of aromatic carboxylic acids is 1. The van der Waals surface area contributed by atoms with Crippen molar-refractivity contribution >= 4 is 27.6 Å². The molecule has 1 saturated carbocycles. The molecule has 2 rings (SSSR count). The molecular formula is C12H13ClFNO4S. The Labute approximate surface area is 120 Å². The molecule has 110 valence electrons. The van der Waals surface area contributed by atoms with Crippen LogP contribution in [0, 0.1) is 11.7 Å². The van der Waals surface area contributed by atoms with Gasteiger partial charge in [0.15, 0.2) is 5.82 Å². The molecule has 0 amide bonds. The van der Waals surface area contributed by atoms with Crippen LogP contribution in [0.1, 0.15) is 30.1 Å². The van der Waals surface area contributed by atoms with E-state index in [4.69, 9.17) is 16.7 Å². The van der Waals surface area contributed by atoms with Crippen LogP contribution in [0.15, 0.2) is 17.0 Å². The van der Waals surface area contributed by atoms with E-state index in [1.54, 1.807) is 0 Å². The molecule has 20 heavy (non-hydrogen) atoms. The molecule has 2 N–H and O–H groups in total. The maximum Gasteiger partial charge on any atom is 0.338 e. The molecule has 0 spiro atoms. The number of nitrogens with one attached hydrogen (secondary N) is 1. The Kier molecular flexibility index (Phi) is 4.04. The Bertz CT molecular complexity index is 656. The van der Waals surface area contributed by atoms with Gasteiger partial charge >= 0.3 is 5.97 Å². The van der Waals surface area contributed by atoms with Gasteiger partial charge in [-0.15, -0.1) is 0 Å². The SMILES string of the molecule is CC1CC(NS(=O)(=O)c2cc(Cl)cc(C(=O)O)c2F)C1. The lowest BCUT2D eigenvalue weighted by Gasteiger charge is -2.32. The largest absolute Gasteiger partial charge is 0.478 e. The maximum absolute atomic E-state index is 14.0. The molecule has 0 aliphatic heterocycles. The molecule has 0 saturated heterocycles. The summed E-state index contributed by atoms with van der Waals surface area (Å²) < 4.78 is 40.5. The Hall–Kier alpha value is -1.18. The minimum atomic E-state index is -4.13. The molecule has 0 heterocycles. The number of halogens is 2. The standard InChI is InChI=1S/C12H13ClFNO4S/c1-6-2-8(3-6)15-20(18,19)10-5-7(13)4-9(11(10)14)12(16)17/h4-6,8,15H,2-3H2,1H3,(H,16,17). The van der Waals surface area contributed by atoms with E-state index in [9.17, 15) is 17.6 Å². The first-order valence-electron chi connectivity index (χ1n) is 5.95. The number of benzene rings is 1. The number of carbonyl (C=O) groups is 1. The third-order valence-corrected chi connectivity index (χ3v) is 4.96. The highest BCUT2D eigenvalue weighted by atomic mass is 35.5. The van der Waals surface area contributed by atoms with E-state index in [-0.39, 0.29) is 11.1 Å². The summed E-state index contributed by atoms with van der Waals surface area (Å²) in [7, 11) is -4.13. The molecule has 0 unspecified atom stereocenters. The van der Waals surface area contributed by atoms with E-state index in [0.29, 0.717) is 18.8 Å². The van der Waals surface area contributed by atoms with Crippen LogP contribution in [0.4, 0.5) is 4.39 Å². The zero-order chi connectivity index (χ0) is 15.1. The van der Waals surface area contributed by atoms with Crippen LogP contribution in [-0.4, -0.2) is 25.5 Å². The average molecular weight is 322 g/mol. The summed E-state index contributed by atoms with van der Waals surface area (Å²) in [5, 5.41) is 8.69. The van der Waals surface area contributed by atoms with Gasteiger partial charge in [0, 0.05) is 11.1 Å². The van der Waals surface area contributed by atoms with Crippen LogP contribution >= 0.6 is 11.6 Å². The first-order valence-corrected chi connectivity index (χ1v) is 7.81. The topological polar surface area (TPSA) is 83.5 Å². The lowest BCUT2D eigenvalue weighted by molar-refractivity contribution is 0.0691. The third-order valence-electron chi connectivity index (χ3n) is 3.22.